The van der Waals surface area contributed by atoms with Crippen LogP contribution in [0.15, 0.2) is 58.4 Å². The van der Waals surface area contributed by atoms with E-state index in [0.717, 1.165) is 16.4 Å². The maximum atomic E-state index is 5.91. The van der Waals surface area contributed by atoms with E-state index in [0.29, 0.717) is 22.6 Å². The van der Waals surface area contributed by atoms with Crippen LogP contribution in [-0.4, -0.2) is 25.0 Å². The summed E-state index contributed by atoms with van der Waals surface area (Å²) >= 11 is 7.41. The molecule has 4 rings (SSSR count). The highest BCUT2D eigenvalue weighted by atomic mass is 35.5. The minimum Gasteiger partial charge on any atom is -0.420 e. The van der Waals surface area contributed by atoms with Crippen LogP contribution < -0.4 is 0 Å². The molecular weight excluding hydrogens is 382 g/mol. The SMILES string of the molecule is Cc1ccc(-n2cnnc2SCc2nnc(-c3ccc(Cl)cc3)o2)c(C)c1. The van der Waals surface area contributed by atoms with E-state index in [4.69, 9.17) is 16.0 Å². The number of hydrogen-bond donors (Lipinski definition) is 0. The zero-order chi connectivity index (χ0) is 18.8. The maximum Gasteiger partial charge on any atom is 0.247 e. The van der Waals surface area contributed by atoms with Gasteiger partial charge < -0.3 is 4.42 Å². The zero-order valence-corrected chi connectivity index (χ0v) is 16.3. The van der Waals surface area contributed by atoms with Gasteiger partial charge in [-0.15, -0.1) is 20.4 Å². The molecule has 8 heteroatoms. The molecule has 0 saturated heterocycles. The van der Waals surface area contributed by atoms with Gasteiger partial charge >= 0.3 is 0 Å². The van der Waals surface area contributed by atoms with Crippen molar-refractivity contribution in [1.29, 1.82) is 0 Å². The summed E-state index contributed by atoms with van der Waals surface area (Å²) in [6.07, 6.45) is 1.72. The number of halogens is 1. The minimum atomic E-state index is 0.470. The average molecular weight is 398 g/mol. The molecule has 0 aliphatic heterocycles. The Morgan fingerprint density at radius 3 is 2.63 bits per heavy atom. The quantitative estimate of drug-likeness (QED) is 0.447. The molecule has 0 atom stereocenters. The highest BCUT2D eigenvalue weighted by molar-refractivity contribution is 7.98. The van der Waals surface area contributed by atoms with Crippen LogP contribution in [0.4, 0.5) is 0 Å². The summed E-state index contributed by atoms with van der Waals surface area (Å²) in [5.74, 6) is 1.50. The molecule has 0 radical (unpaired) electrons. The van der Waals surface area contributed by atoms with Crippen molar-refractivity contribution in [2.75, 3.05) is 0 Å². The first-order valence-corrected chi connectivity index (χ1v) is 9.65. The Hall–Kier alpha value is -2.64. The predicted octanol–water partition coefficient (Wildman–Crippen LogP) is 4.88. The lowest BCUT2D eigenvalue weighted by Crippen LogP contribution is -1.98. The van der Waals surface area contributed by atoms with Gasteiger partial charge in [-0.2, -0.15) is 0 Å². The predicted molar refractivity (Wildman–Crippen MR) is 105 cm³/mol. The van der Waals surface area contributed by atoms with Gasteiger partial charge in [-0.3, -0.25) is 4.57 Å². The second-order valence-corrected chi connectivity index (χ2v) is 7.45. The van der Waals surface area contributed by atoms with Gasteiger partial charge in [-0.1, -0.05) is 41.1 Å². The minimum absolute atomic E-state index is 0.470. The summed E-state index contributed by atoms with van der Waals surface area (Å²) in [6, 6.07) is 13.6. The van der Waals surface area contributed by atoms with E-state index in [1.54, 1.807) is 18.5 Å². The number of nitrogens with zero attached hydrogens (tertiary/aromatic N) is 5. The number of rotatable bonds is 5. The molecular formula is C19H16ClN5OS. The summed E-state index contributed by atoms with van der Waals surface area (Å²) in [4.78, 5) is 0. The first-order valence-electron chi connectivity index (χ1n) is 8.29. The second kappa shape index (κ2) is 7.54. The van der Waals surface area contributed by atoms with E-state index in [2.05, 4.69) is 52.4 Å². The molecule has 6 nitrogen and oxygen atoms in total. The Bertz CT molecular complexity index is 1070. The molecule has 4 aromatic rings. The van der Waals surface area contributed by atoms with Crippen LogP contribution in [0.25, 0.3) is 17.1 Å². The number of thioether (sulfide) groups is 1. The van der Waals surface area contributed by atoms with E-state index >= 15 is 0 Å². The average Bonchev–Trinajstić information content (AvgIpc) is 3.30. The molecule has 0 fully saturated rings. The summed E-state index contributed by atoms with van der Waals surface area (Å²) in [5.41, 5.74) is 4.28. The molecule has 0 bridgehead atoms. The summed E-state index contributed by atoms with van der Waals surface area (Å²) in [6.45, 7) is 4.15. The molecule has 2 heterocycles. The van der Waals surface area contributed by atoms with Crippen molar-refractivity contribution in [3.05, 3.63) is 70.8 Å². The molecule has 0 unspecified atom stereocenters. The normalized spacial score (nSPS) is 11.1. The summed E-state index contributed by atoms with van der Waals surface area (Å²) < 4.78 is 7.72. The molecule has 136 valence electrons. The molecule has 2 aromatic carbocycles. The highest BCUT2D eigenvalue weighted by Crippen LogP contribution is 2.26. The van der Waals surface area contributed by atoms with Crippen LogP contribution in [-0.2, 0) is 5.75 Å². The number of benzene rings is 2. The molecule has 27 heavy (non-hydrogen) atoms. The largest absolute Gasteiger partial charge is 0.420 e. The monoisotopic (exact) mass is 397 g/mol. The third-order valence-corrected chi connectivity index (χ3v) is 5.19. The van der Waals surface area contributed by atoms with Gasteiger partial charge in [-0.05, 0) is 49.7 Å². The lowest BCUT2D eigenvalue weighted by molar-refractivity contribution is 0.528. The first kappa shape index (κ1) is 17.8. The van der Waals surface area contributed by atoms with Crippen LogP contribution in [0.5, 0.6) is 0 Å². The topological polar surface area (TPSA) is 69.6 Å². The molecule has 0 aliphatic carbocycles. The molecule has 0 aliphatic rings. The molecule has 0 saturated carbocycles. The van der Waals surface area contributed by atoms with Gasteiger partial charge in [0.2, 0.25) is 11.8 Å². The van der Waals surface area contributed by atoms with Crippen molar-refractivity contribution in [3.8, 4) is 17.1 Å². The smallest absolute Gasteiger partial charge is 0.247 e. The Morgan fingerprint density at radius 2 is 1.85 bits per heavy atom. The summed E-state index contributed by atoms with van der Waals surface area (Å²) in [5, 5.41) is 17.9. The maximum absolute atomic E-state index is 5.91. The molecule has 0 N–H and O–H groups in total. The van der Waals surface area contributed by atoms with Crippen molar-refractivity contribution in [3.63, 3.8) is 0 Å². The Morgan fingerprint density at radius 1 is 1.04 bits per heavy atom. The lowest BCUT2D eigenvalue weighted by Gasteiger charge is -2.09. The van der Waals surface area contributed by atoms with Crippen molar-refractivity contribution in [2.24, 2.45) is 0 Å². The van der Waals surface area contributed by atoms with E-state index < -0.39 is 0 Å². The van der Waals surface area contributed by atoms with Gasteiger partial charge in [0, 0.05) is 10.6 Å². The van der Waals surface area contributed by atoms with E-state index in [1.165, 1.54) is 22.9 Å². The molecule has 2 aromatic heterocycles. The van der Waals surface area contributed by atoms with Gasteiger partial charge in [0.15, 0.2) is 5.16 Å². The fraction of sp³-hybridized carbons (Fsp3) is 0.158. The van der Waals surface area contributed by atoms with Crippen molar-refractivity contribution in [1.82, 2.24) is 25.0 Å². The second-order valence-electron chi connectivity index (χ2n) is 6.07. The highest BCUT2D eigenvalue weighted by Gasteiger charge is 2.13. The van der Waals surface area contributed by atoms with Gasteiger partial charge in [0.05, 0.1) is 11.4 Å². The van der Waals surface area contributed by atoms with Gasteiger partial charge in [0.25, 0.3) is 0 Å². The third-order valence-electron chi connectivity index (χ3n) is 4.01. The third kappa shape index (κ3) is 3.89. The van der Waals surface area contributed by atoms with Crippen LogP contribution >= 0.6 is 23.4 Å². The standard InChI is InChI=1S/C19H16ClN5OS/c1-12-3-8-16(13(2)9-12)25-11-21-24-19(25)27-10-17-22-23-18(26-17)14-4-6-15(20)7-5-14/h3-9,11H,10H2,1-2H3. The number of aromatic nitrogens is 5. The van der Waals surface area contributed by atoms with Gasteiger partial charge in [0.1, 0.15) is 6.33 Å². The van der Waals surface area contributed by atoms with Crippen LogP contribution in [0, 0.1) is 13.8 Å². The fourth-order valence-electron chi connectivity index (χ4n) is 2.71. The Kier molecular flexibility index (Phi) is 4.96. The zero-order valence-electron chi connectivity index (χ0n) is 14.8. The van der Waals surface area contributed by atoms with Crippen LogP contribution in [0.1, 0.15) is 17.0 Å². The number of aryl methyl sites for hydroxylation is 2. The number of hydrogen-bond acceptors (Lipinski definition) is 6. The summed E-state index contributed by atoms with van der Waals surface area (Å²) in [7, 11) is 0. The molecule has 0 spiro atoms. The Balaban J connectivity index is 1.50. The van der Waals surface area contributed by atoms with Crippen LogP contribution in [0.3, 0.4) is 0 Å². The van der Waals surface area contributed by atoms with E-state index in [9.17, 15) is 0 Å². The van der Waals surface area contributed by atoms with E-state index in [-0.39, 0.29) is 0 Å². The Labute approximate surface area is 165 Å². The lowest BCUT2D eigenvalue weighted by atomic mass is 10.1. The van der Waals surface area contributed by atoms with Gasteiger partial charge in [-0.25, -0.2) is 0 Å². The van der Waals surface area contributed by atoms with Crippen molar-refractivity contribution in [2.45, 2.75) is 24.8 Å². The molecule has 0 amide bonds. The van der Waals surface area contributed by atoms with Crippen LogP contribution in [0.2, 0.25) is 5.02 Å². The van der Waals surface area contributed by atoms with Crippen molar-refractivity contribution < 1.29 is 4.42 Å². The van der Waals surface area contributed by atoms with Crippen molar-refractivity contribution >= 4 is 23.4 Å². The fourth-order valence-corrected chi connectivity index (χ4v) is 3.60. The first-order chi connectivity index (χ1) is 13.1. The van der Waals surface area contributed by atoms with E-state index in [1.807, 2.05) is 16.7 Å².